The Morgan fingerprint density at radius 2 is 2.12 bits per heavy atom. The van der Waals surface area contributed by atoms with E-state index in [0.717, 1.165) is 19.3 Å². The number of aliphatic hydroxyl groups excluding tert-OH is 1. The Morgan fingerprint density at radius 1 is 1.35 bits per heavy atom. The Hall–Kier alpha value is -0.840. The summed E-state index contributed by atoms with van der Waals surface area (Å²) in [5.74, 6) is 0.953. The van der Waals surface area contributed by atoms with E-state index in [4.69, 9.17) is 16.3 Å². The van der Waals surface area contributed by atoms with Gasteiger partial charge in [0.1, 0.15) is 4.88 Å². The van der Waals surface area contributed by atoms with Crippen LogP contribution in [0.5, 0.6) is 0 Å². The fourth-order valence-electron chi connectivity index (χ4n) is 4.40. The first kappa shape index (κ1) is 19.9. The van der Waals surface area contributed by atoms with Crippen molar-refractivity contribution < 1.29 is 14.6 Å². The van der Waals surface area contributed by atoms with Crippen LogP contribution in [0.2, 0.25) is 0 Å². The molecule has 4 atom stereocenters. The van der Waals surface area contributed by atoms with Crippen LogP contribution in [0, 0.1) is 17.8 Å². The molecule has 1 heterocycles. The molecule has 1 aromatic heterocycles. The second-order valence-electron chi connectivity index (χ2n) is 7.64. The number of aliphatic hydroxyl groups is 1. The van der Waals surface area contributed by atoms with Gasteiger partial charge in [-0.3, -0.25) is 0 Å². The SMILES string of the molecule is COC(=O)c1ccc(CCC[C@@H]2[C@H](C=CC3CCCC3)[C@H](O)C[C@@H]2Cl)s1. The van der Waals surface area contributed by atoms with Gasteiger partial charge in [0.15, 0.2) is 0 Å². The van der Waals surface area contributed by atoms with Crippen LogP contribution < -0.4 is 0 Å². The highest BCUT2D eigenvalue weighted by atomic mass is 35.5. The molecule has 144 valence electrons. The average Bonchev–Trinajstić information content (AvgIpc) is 3.35. The Labute approximate surface area is 165 Å². The summed E-state index contributed by atoms with van der Waals surface area (Å²) in [5.41, 5.74) is 0. The molecular weight excluding hydrogens is 368 g/mol. The van der Waals surface area contributed by atoms with E-state index in [2.05, 4.69) is 12.2 Å². The number of aryl methyl sites for hydroxylation is 1. The van der Waals surface area contributed by atoms with Crippen molar-refractivity contribution in [2.24, 2.45) is 17.8 Å². The number of esters is 1. The molecule has 0 saturated heterocycles. The standard InChI is InChI=1S/C21H29ClO3S/c1-25-21(24)20-12-10-15(26-20)7-4-8-16-17(19(23)13-18(16)22)11-9-14-5-2-3-6-14/h9-12,14,16-19,23H,2-8,13H2,1H3/t16-,17+,18+,19-/m1/s1. The zero-order valence-electron chi connectivity index (χ0n) is 15.4. The number of rotatable bonds is 7. The summed E-state index contributed by atoms with van der Waals surface area (Å²) in [4.78, 5) is 13.4. The summed E-state index contributed by atoms with van der Waals surface area (Å²) < 4.78 is 4.76. The predicted octanol–water partition coefficient (Wildman–Crippen LogP) is 5.21. The molecule has 3 rings (SSSR count). The van der Waals surface area contributed by atoms with Gasteiger partial charge in [0.2, 0.25) is 0 Å². The number of alkyl halides is 1. The first-order chi connectivity index (χ1) is 12.6. The largest absolute Gasteiger partial charge is 0.465 e. The molecule has 3 nitrogen and oxygen atoms in total. The van der Waals surface area contributed by atoms with Crippen LogP contribution >= 0.6 is 22.9 Å². The van der Waals surface area contributed by atoms with Crippen molar-refractivity contribution in [3.8, 4) is 0 Å². The van der Waals surface area contributed by atoms with E-state index in [0.29, 0.717) is 23.1 Å². The Bertz CT molecular complexity index is 621. The normalized spacial score (nSPS) is 29.7. The molecule has 0 aliphatic heterocycles. The van der Waals surface area contributed by atoms with E-state index < -0.39 is 0 Å². The lowest BCUT2D eigenvalue weighted by Crippen LogP contribution is -2.19. The molecule has 1 aromatic rings. The van der Waals surface area contributed by atoms with Crippen molar-refractivity contribution in [3.05, 3.63) is 34.0 Å². The van der Waals surface area contributed by atoms with Gasteiger partial charge >= 0.3 is 5.97 Å². The number of methoxy groups -OCH3 is 1. The van der Waals surface area contributed by atoms with Crippen LogP contribution in [-0.2, 0) is 11.2 Å². The topological polar surface area (TPSA) is 46.5 Å². The van der Waals surface area contributed by atoms with Gasteiger partial charge in [-0.2, -0.15) is 0 Å². The number of hydrogen-bond acceptors (Lipinski definition) is 4. The maximum Gasteiger partial charge on any atom is 0.348 e. The average molecular weight is 397 g/mol. The van der Waals surface area contributed by atoms with E-state index in [9.17, 15) is 9.90 Å². The lowest BCUT2D eigenvalue weighted by Gasteiger charge is -2.21. The van der Waals surface area contributed by atoms with Crippen LogP contribution in [-0.4, -0.2) is 29.7 Å². The molecular formula is C21H29ClO3S. The molecule has 2 aliphatic rings. The van der Waals surface area contributed by atoms with Gasteiger partial charge in [0, 0.05) is 16.2 Å². The Morgan fingerprint density at radius 3 is 2.85 bits per heavy atom. The predicted molar refractivity (Wildman–Crippen MR) is 107 cm³/mol. The van der Waals surface area contributed by atoms with Gasteiger partial charge in [-0.1, -0.05) is 25.0 Å². The summed E-state index contributed by atoms with van der Waals surface area (Å²) in [6.07, 6.45) is 13.2. The highest BCUT2D eigenvalue weighted by Gasteiger charge is 2.39. The minimum Gasteiger partial charge on any atom is -0.465 e. The van der Waals surface area contributed by atoms with Crippen LogP contribution in [0.25, 0.3) is 0 Å². The molecule has 0 unspecified atom stereocenters. The van der Waals surface area contributed by atoms with E-state index >= 15 is 0 Å². The van der Waals surface area contributed by atoms with Crippen molar-refractivity contribution >= 4 is 28.9 Å². The van der Waals surface area contributed by atoms with Crippen molar-refractivity contribution in [2.75, 3.05) is 7.11 Å². The lowest BCUT2D eigenvalue weighted by atomic mass is 9.88. The maximum atomic E-state index is 11.5. The molecule has 0 spiro atoms. The Balaban J connectivity index is 1.52. The van der Waals surface area contributed by atoms with E-state index in [1.807, 2.05) is 12.1 Å². The third-order valence-electron chi connectivity index (χ3n) is 5.88. The molecule has 2 saturated carbocycles. The molecule has 5 heteroatoms. The number of allylic oxidation sites excluding steroid dienone is 1. The second kappa shape index (κ2) is 9.38. The summed E-state index contributed by atoms with van der Waals surface area (Å²) >= 11 is 8.06. The van der Waals surface area contributed by atoms with Gasteiger partial charge in [-0.25, -0.2) is 4.79 Å². The zero-order chi connectivity index (χ0) is 18.5. The van der Waals surface area contributed by atoms with E-state index in [1.54, 1.807) is 0 Å². The molecule has 2 aliphatic carbocycles. The summed E-state index contributed by atoms with van der Waals surface area (Å²) in [5, 5.41) is 10.5. The van der Waals surface area contributed by atoms with E-state index in [1.165, 1.54) is 49.0 Å². The third kappa shape index (κ3) is 4.90. The van der Waals surface area contributed by atoms with Crippen molar-refractivity contribution in [2.45, 2.75) is 62.8 Å². The van der Waals surface area contributed by atoms with Crippen LogP contribution in [0.3, 0.4) is 0 Å². The maximum absolute atomic E-state index is 11.5. The minimum absolute atomic E-state index is 0.0530. The van der Waals surface area contributed by atoms with Crippen molar-refractivity contribution in [1.29, 1.82) is 0 Å². The molecule has 0 radical (unpaired) electrons. The van der Waals surface area contributed by atoms with Crippen molar-refractivity contribution in [3.63, 3.8) is 0 Å². The smallest absolute Gasteiger partial charge is 0.348 e. The summed E-state index contributed by atoms with van der Waals surface area (Å²) in [7, 11) is 1.41. The Kier molecular flexibility index (Phi) is 7.19. The molecule has 0 amide bonds. The fraction of sp³-hybridized carbons (Fsp3) is 0.667. The highest BCUT2D eigenvalue weighted by Crippen LogP contribution is 2.41. The minimum atomic E-state index is -0.312. The van der Waals surface area contributed by atoms with Gasteiger partial charge in [-0.05, 0) is 62.5 Å². The number of carbonyl (C=O) groups is 1. The molecule has 1 N–H and O–H groups in total. The first-order valence-electron chi connectivity index (χ1n) is 9.76. The second-order valence-corrected chi connectivity index (χ2v) is 9.37. The molecule has 26 heavy (non-hydrogen) atoms. The number of carbonyl (C=O) groups excluding carboxylic acids is 1. The van der Waals surface area contributed by atoms with E-state index in [-0.39, 0.29) is 23.4 Å². The van der Waals surface area contributed by atoms with Crippen LogP contribution in [0.15, 0.2) is 24.3 Å². The number of hydrogen-bond donors (Lipinski definition) is 1. The zero-order valence-corrected chi connectivity index (χ0v) is 17.0. The van der Waals surface area contributed by atoms with Crippen LogP contribution in [0.1, 0.15) is 59.5 Å². The fourth-order valence-corrected chi connectivity index (χ4v) is 5.85. The summed E-state index contributed by atoms with van der Waals surface area (Å²) in [6.45, 7) is 0. The highest BCUT2D eigenvalue weighted by molar-refractivity contribution is 7.13. The quantitative estimate of drug-likeness (QED) is 0.391. The van der Waals surface area contributed by atoms with Gasteiger partial charge in [0.05, 0.1) is 13.2 Å². The number of thiophene rings is 1. The first-order valence-corrected chi connectivity index (χ1v) is 11.0. The van der Waals surface area contributed by atoms with Crippen LogP contribution in [0.4, 0.5) is 0 Å². The van der Waals surface area contributed by atoms with Crippen molar-refractivity contribution in [1.82, 2.24) is 0 Å². The van der Waals surface area contributed by atoms with Gasteiger partial charge < -0.3 is 9.84 Å². The van der Waals surface area contributed by atoms with Gasteiger partial charge in [-0.15, -0.1) is 22.9 Å². The summed E-state index contributed by atoms with van der Waals surface area (Å²) in [6, 6.07) is 3.85. The monoisotopic (exact) mass is 396 g/mol. The lowest BCUT2D eigenvalue weighted by molar-refractivity contribution is 0.0606. The molecule has 0 bridgehead atoms. The molecule has 2 fully saturated rings. The van der Waals surface area contributed by atoms with Gasteiger partial charge in [0.25, 0.3) is 0 Å². The number of ether oxygens (including phenoxy) is 1. The third-order valence-corrected chi connectivity index (χ3v) is 7.51. The molecule has 0 aromatic carbocycles. The number of halogens is 1.